The molecule has 0 radical (unpaired) electrons. The van der Waals surface area contributed by atoms with Crippen molar-refractivity contribution in [2.75, 3.05) is 12.3 Å². The highest BCUT2D eigenvalue weighted by Crippen LogP contribution is 2.30. The van der Waals surface area contributed by atoms with Crippen LogP contribution >= 0.6 is 0 Å². The third-order valence-electron chi connectivity index (χ3n) is 6.73. The van der Waals surface area contributed by atoms with E-state index in [2.05, 4.69) is 15.4 Å². The maximum absolute atomic E-state index is 14.0. The number of amides is 1. The van der Waals surface area contributed by atoms with Crippen molar-refractivity contribution in [2.45, 2.75) is 36.9 Å². The van der Waals surface area contributed by atoms with Crippen molar-refractivity contribution < 1.29 is 18.0 Å². The maximum Gasteiger partial charge on any atom is 0.275 e. The summed E-state index contributed by atoms with van der Waals surface area (Å²) in [5.41, 5.74) is 8.14. The second kappa shape index (κ2) is 12.2. The monoisotopic (exact) mass is 546 g/mol. The smallest absolute Gasteiger partial charge is 0.275 e. The Morgan fingerprint density at radius 3 is 2.08 bits per heavy atom. The van der Waals surface area contributed by atoms with Gasteiger partial charge in [0.15, 0.2) is 5.78 Å². The fraction of sp³-hybridized carbons (Fsp3) is 0.250. The van der Waals surface area contributed by atoms with Crippen molar-refractivity contribution in [3.05, 3.63) is 101 Å². The number of nitriles is 1. The van der Waals surface area contributed by atoms with Gasteiger partial charge in [0.1, 0.15) is 18.2 Å². The summed E-state index contributed by atoms with van der Waals surface area (Å²) in [6.07, 6.45) is 1.39. The number of nitrogens with two attached hydrogens (primary N) is 2. The SMILES string of the molecule is N#Cc1ccc(C(NC(=O)[C@H](NS(N)(=O)=O)C(c2ccccc2)c2ccccc2)C(=O)[C@@H]2CCCN2)cc1N. The van der Waals surface area contributed by atoms with Crippen molar-refractivity contribution in [1.82, 2.24) is 15.4 Å². The molecule has 11 heteroatoms. The molecular weight excluding hydrogens is 516 g/mol. The van der Waals surface area contributed by atoms with Gasteiger partial charge in [0.05, 0.1) is 11.6 Å². The number of benzene rings is 3. The summed E-state index contributed by atoms with van der Waals surface area (Å²) < 4.78 is 26.9. The van der Waals surface area contributed by atoms with Crippen molar-refractivity contribution in [1.29, 1.82) is 5.26 Å². The van der Waals surface area contributed by atoms with Crippen molar-refractivity contribution in [3.8, 4) is 6.07 Å². The third kappa shape index (κ3) is 6.87. The highest BCUT2D eigenvalue weighted by molar-refractivity contribution is 7.87. The van der Waals surface area contributed by atoms with E-state index in [0.717, 1.165) is 6.42 Å². The van der Waals surface area contributed by atoms with Crippen LogP contribution in [-0.2, 0) is 19.8 Å². The van der Waals surface area contributed by atoms with Gasteiger partial charge in [-0.05, 0) is 48.2 Å². The van der Waals surface area contributed by atoms with E-state index in [0.29, 0.717) is 29.7 Å². The average Bonchev–Trinajstić information content (AvgIpc) is 3.47. The summed E-state index contributed by atoms with van der Waals surface area (Å²) in [4.78, 5) is 27.6. The minimum atomic E-state index is -4.35. The predicted octanol–water partition coefficient (Wildman–Crippen LogP) is 1.61. The molecule has 4 rings (SSSR count). The lowest BCUT2D eigenvalue weighted by Crippen LogP contribution is -2.54. The lowest BCUT2D eigenvalue weighted by molar-refractivity contribution is -0.130. The van der Waals surface area contributed by atoms with E-state index < -0.39 is 40.2 Å². The first-order valence-electron chi connectivity index (χ1n) is 12.4. The lowest BCUT2D eigenvalue weighted by Gasteiger charge is -2.30. The fourth-order valence-electron chi connectivity index (χ4n) is 4.89. The Balaban J connectivity index is 1.77. The molecule has 1 saturated heterocycles. The minimum Gasteiger partial charge on any atom is -0.398 e. The number of Topliss-reactive ketones (excluding diaryl/α,β-unsaturated/α-hetero) is 1. The minimum absolute atomic E-state index is 0.159. The summed E-state index contributed by atoms with van der Waals surface area (Å²) in [6, 6.07) is 21.4. The lowest BCUT2D eigenvalue weighted by atomic mass is 9.84. The normalized spacial score (nSPS) is 16.8. The molecule has 0 saturated carbocycles. The Labute approximate surface area is 227 Å². The third-order valence-corrected chi connectivity index (χ3v) is 7.31. The number of hydrogen-bond donors (Lipinski definition) is 5. The van der Waals surface area contributed by atoms with Gasteiger partial charge in [-0.1, -0.05) is 66.7 Å². The van der Waals surface area contributed by atoms with Gasteiger partial charge in [-0.25, -0.2) is 5.14 Å². The highest BCUT2D eigenvalue weighted by Gasteiger charge is 2.38. The van der Waals surface area contributed by atoms with Crippen molar-refractivity contribution in [3.63, 3.8) is 0 Å². The molecule has 3 aromatic carbocycles. The van der Waals surface area contributed by atoms with Crippen molar-refractivity contribution >= 4 is 27.6 Å². The molecule has 0 bridgehead atoms. The summed E-state index contributed by atoms with van der Waals surface area (Å²) in [6.45, 7) is 0.659. The largest absolute Gasteiger partial charge is 0.398 e. The molecule has 10 nitrogen and oxygen atoms in total. The van der Waals surface area contributed by atoms with Crippen LogP contribution in [0, 0.1) is 11.3 Å². The van der Waals surface area contributed by atoms with E-state index in [4.69, 9.17) is 10.9 Å². The van der Waals surface area contributed by atoms with E-state index in [9.17, 15) is 23.3 Å². The van der Waals surface area contributed by atoms with Gasteiger partial charge in [-0.2, -0.15) is 18.4 Å². The number of nitrogen functional groups attached to an aromatic ring is 1. The number of anilines is 1. The van der Waals surface area contributed by atoms with E-state index in [1.165, 1.54) is 12.1 Å². The Morgan fingerprint density at radius 1 is 0.974 bits per heavy atom. The van der Waals surface area contributed by atoms with Crippen LogP contribution in [0.5, 0.6) is 0 Å². The van der Waals surface area contributed by atoms with Crippen LogP contribution in [0.3, 0.4) is 0 Å². The molecule has 1 amide bonds. The molecule has 1 heterocycles. The first-order valence-corrected chi connectivity index (χ1v) is 14.0. The van der Waals surface area contributed by atoms with Gasteiger partial charge < -0.3 is 16.4 Å². The van der Waals surface area contributed by atoms with Gasteiger partial charge in [-0.3, -0.25) is 9.59 Å². The van der Waals surface area contributed by atoms with Gasteiger partial charge in [0, 0.05) is 11.6 Å². The van der Waals surface area contributed by atoms with Crippen LogP contribution in [0.4, 0.5) is 5.69 Å². The molecule has 0 spiro atoms. The number of ketones is 1. The molecular formula is C28H30N6O4S. The molecule has 1 fully saturated rings. The van der Waals surface area contributed by atoms with Crippen LogP contribution in [0.2, 0.25) is 0 Å². The highest BCUT2D eigenvalue weighted by atomic mass is 32.2. The number of hydrogen-bond acceptors (Lipinski definition) is 7. The molecule has 1 aliphatic rings. The zero-order valence-electron chi connectivity index (χ0n) is 21.1. The standard InChI is InChI=1S/C28H30N6O4S/c29-17-21-14-13-20(16-22(21)30)25(27(35)23-12-7-15-32-23)33-28(36)26(34-39(31,37)38)24(18-8-3-1-4-9-18)19-10-5-2-6-11-19/h1-6,8-11,13-14,16,23-26,32,34H,7,12,15,30H2,(H,33,36)(H2,31,37,38)/t23-,25?,26+/m0/s1. The number of carbonyl (C=O) groups excluding carboxylic acids is 2. The Bertz CT molecular complexity index is 1430. The van der Waals surface area contributed by atoms with Gasteiger partial charge >= 0.3 is 0 Å². The molecule has 0 aromatic heterocycles. The Kier molecular flexibility index (Phi) is 8.73. The number of carbonyl (C=O) groups is 2. The van der Waals surface area contributed by atoms with Crippen LogP contribution in [0.1, 0.15) is 47.1 Å². The Hall–Kier alpha value is -4.08. The predicted molar refractivity (Wildman–Crippen MR) is 147 cm³/mol. The van der Waals surface area contributed by atoms with Gasteiger partial charge in [0.2, 0.25) is 5.91 Å². The van der Waals surface area contributed by atoms with Gasteiger partial charge in [0.25, 0.3) is 10.2 Å². The first-order chi connectivity index (χ1) is 18.7. The molecule has 0 aliphatic carbocycles. The second-order valence-corrected chi connectivity index (χ2v) is 10.7. The Morgan fingerprint density at radius 2 is 1.59 bits per heavy atom. The zero-order valence-corrected chi connectivity index (χ0v) is 21.9. The first kappa shape index (κ1) is 27.9. The molecule has 7 N–H and O–H groups in total. The summed E-state index contributed by atoms with van der Waals surface area (Å²) in [7, 11) is -4.35. The van der Waals surface area contributed by atoms with E-state index >= 15 is 0 Å². The van der Waals surface area contributed by atoms with Crippen LogP contribution in [-0.4, -0.2) is 38.7 Å². The summed E-state index contributed by atoms with van der Waals surface area (Å²) in [5, 5.41) is 20.6. The molecule has 1 unspecified atom stereocenters. The van der Waals surface area contributed by atoms with E-state index in [-0.39, 0.29) is 17.0 Å². The maximum atomic E-state index is 14.0. The molecule has 3 aromatic rings. The van der Waals surface area contributed by atoms with Crippen LogP contribution < -0.4 is 26.2 Å². The number of nitrogens with zero attached hydrogens (tertiary/aromatic N) is 1. The average molecular weight is 547 g/mol. The van der Waals surface area contributed by atoms with Crippen LogP contribution in [0.25, 0.3) is 0 Å². The molecule has 39 heavy (non-hydrogen) atoms. The second-order valence-electron chi connectivity index (χ2n) is 9.39. The topological polar surface area (TPSA) is 180 Å². The number of rotatable bonds is 10. The molecule has 3 atom stereocenters. The van der Waals surface area contributed by atoms with Gasteiger partial charge in [-0.15, -0.1) is 0 Å². The molecule has 1 aliphatic heterocycles. The van der Waals surface area contributed by atoms with Crippen LogP contribution in [0.15, 0.2) is 78.9 Å². The quantitative estimate of drug-likeness (QED) is 0.240. The summed E-state index contributed by atoms with van der Waals surface area (Å²) in [5.74, 6) is -1.81. The fourth-order valence-corrected chi connectivity index (χ4v) is 5.49. The molecule has 202 valence electrons. The van der Waals surface area contributed by atoms with E-state index in [1.54, 1.807) is 54.6 Å². The zero-order chi connectivity index (χ0) is 28.0. The van der Waals surface area contributed by atoms with Crippen molar-refractivity contribution in [2.24, 2.45) is 5.14 Å². The van der Waals surface area contributed by atoms with E-state index in [1.807, 2.05) is 18.2 Å². The number of nitrogens with one attached hydrogen (secondary N) is 3. The summed E-state index contributed by atoms with van der Waals surface area (Å²) >= 11 is 0.